The van der Waals surface area contributed by atoms with Gasteiger partial charge in [-0.15, -0.1) is 0 Å². The lowest BCUT2D eigenvalue weighted by Gasteiger charge is -2.16. The first kappa shape index (κ1) is 15.7. The van der Waals surface area contributed by atoms with Gasteiger partial charge in [0.1, 0.15) is 5.41 Å². The van der Waals surface area contributed by atoms with E-state index in [-0.39, 0.29) is 23.4 Å². The Morgan fingerprint density at radius 2 is 2.22 bits per heavy atom. The quantitative estimate of drug-likeness (QED) is 0.822. The summed E-state index contributed by atoms with van der Waals surface area (Å²) in [4.78, 5) is 28.7. The highest BCUT2D eigenvalue weighted by Gasteiger charge is 2.63. The summed E-state index contributed by atoms with van der Waals surface area (Å²) in [5.74, 6) is -0.422. The van der Waals surface area contributed by atoms with Crippen LogP contribution in [0, 0.1) is 0 Å². The number of carbonyl (C=O) groups is 1. The second-order valence-corrected chi connectivity index (χ2v) is 6.58. The maximum Gasteiger partial charge on any atom is 0.316 e. The van der Waals surface area contributed by atoms with E-state index < -0.39 is 5.41 Å². The molecule has 120 valence electrons. The molecule has 0 unspecified atom stereocenters. The van der Waals surface area contributed by atoms with Crippen LogP contribution in [0.3, 0.4) is 0 Å². The number of methoxy groups -OCH3 is 1. The molecule has 1 fully saturated rings. The van der Waals surface area contributed by atoms with Crippen LogP contribution < -0.4 is 11.3 Å². The summed E-state index contributed by atoms with van der Waals surface area (Å²) in [6.45, 7) is 0. The summed E-state index contributed by atoms with van der Waals surface area (Å²) in [6, 6.07) is 8.96. The van der Waals surface area contributed by atoms with Crippen molar-refractivity contribution in [3.05, 3.63) is 56.4 Å². The molecule has 0 amide bonds. The maximum absolute atomic E-state index is 12.4. The smallest absolute Gasteiger partial charge is 0.316 e. The number of nitrogens with zero attached hydrogens (tertiary/aromatic N) is 2. The molecule has 7 heteroatoms. The molecule has 2 N–H and O–H groups in total. The first-order chi connectivity index (χ1) is 10.9. The fourth-order valence-electron chi connectivity index (χ4n) is 2.98. The first-order valence-corrected chi connectivity index (χ1v) is 7.87. The number of halogens is 1. The molecule has 0 radical (unpaired) electrons. The van der Waals surface area contributed by atoms with Gasteiger partial charge in [-0.25, -0.2) is 4.98 Å². The predicted molar refractivity (Wildman–Crippen MR) is 89.1 cm³/mol. The summed E-state index contributed by atoms with van der Waals surface area (Å²) in [7, 11) is 2.92. The van der Waals surface area contributed by atoms with Crippen molar-refractivity contribution >= 4 is 27.8 Å². The lowest BCUT2D eigenvalue weighted by Crippen LogP contribution is -2.26. The molecule has 2 aromatic rings. The Labute approximate surface area is 141 Å². The van der Waals surface area contributed by atoms with Gasteiger partial charge in [0.2, 0.25) is 5.95 Å². The number of nitrogen functional groups attached to an aromatic ring is 1. The average Bonchev–Trinajstić information content (AvgIpc) is 3.28. The molecule has 2 atom stereocenters. The molecule has 0 spiro atoms. The van der Waals surface area contributed by atoms with Gasteiger partial charge in [0, 0.05) is 23.5 Å². The molecule has 3 rings (SSSR count). The van der Waals surface area contributed by atoms with Crippen LogP contribution in [0.2, 0.25) is 0 Å². The molecule has 1 aliphatic carbocycles. The van der Waals surface area contributed by atoms with Crippen LogP contribution in [0.15, 0.2) is 39.6 Å². The number of aromatic nitrogens is 2. The van der Waals surface area contributed by atoms with E-state index in [1.807, 2.05) is 24.3 Å². The molecule has 6 nitrogen and oxygen atoms in total. The monoisotopic (exact) mass is 377 g/mol. The number of carbonyl (C=O) groups excluding carboxylic acids is 1. The van der Waals surface area contributed by atoms with E-state index >= 15 is 0 Å². The molecule has 0 saturated heterocycles. The van der Waals surface area contributed by atoms with E-state index in [0.29, 0.717) is 12.1 Å². The lowest BCUT2D eigenvalue weighted by atomic mass is 9.92. The number of esters is 1. The minimum absolute atomic E-state index is 0.132. The molecule has 1 aromatic heterocycles. The van der Waals surface area contributed by atoms with Crippen molar-refractivity contribution in [1.29, 1.82) is 0 Å². The largest absolute Gasteiger partial charge is 0.468 e. The molecule has 0 bridgehead atoms. The molecular formula is C16H16BrN3O3. The lowest BCUT2D eigenvalue weighted by molar-refractivity contribution is -0.143. The second-order valence-electron chi connectivity index (χ2n) is 5.67. The highest BCUT2D eigenvalue weighted by molar-refractivity contribution is 9.10. The number of nitrogens with two attached hydrogens (primary N) is 1. The van der Waals surface area contributed by atoms with Gasteiger partial charge in [-0.2, -0.15) is 0 Å². The summed E-state index contributed by atoms with van der Waals surface area (Å²) >= 11 is 3.42. The third-order valence-electron chi connectivity index (χ3n) is 4.40. The Morgan fingerprint density at radius 3 is 2.83 bits per heavy atom. The zero-order chi connectivity index (χ0) is 16.8. The SMILES string of the molecule is COC(=O)[C@]1(c2cccc(Br)c2)C[C@@H]1c1cc(=O)n(C)c(N)n1. The maximum atomic E-state index is 12.4. The van der Waals surface area contributed by atoms with Gasteiger partial charge < -0.3 is 10.5 Å². The van der Waals surface area contributed by atoms with Crippen molar-refractivity contribution < 1.29 is 9.53 Å². The topological polar surface area (TPSA) is 87.2 Å². The Hall–Kier alpha value is -2.15. The van der Waals surface area contributed by atoms with Crippen molar-refractivity contribution in [3.8, 4) is 0 Å². The third-order valence-corrected chi connectivity index (χ3v) is 4.89. The minimum atomic E-state index is -0.815. The summed E-state index contributed by atoms with van der Waals surface area (Å²) in [5, 5.41) is 0. The molecule has 1 aromatic carbocycles. The third kappa shape index (κ3) is 2.45. The molecule has 23 heavy (non-hydrogen) atoms. The molecule has 1 heterocycles. The summed E-state index contributed by atoms with van der Waals surface area (Å²) in [5.41, 5.74) is 6.08. The number of hydrogen-bond acceptors (Lipinski definition) is 5. The van der Waals surface area contributed by atoms with E-state index in [2.05, 4.69) is 20.9 Å². The highest BCUT2D eigenvalue weighted by Crippen LogP contribution is 2.60. The van der Waals surface area contributed by atoms with Crippen molar-refractivity contribution in [3.63, 3.8) is 0 Å². The van der Waals surface area contributed by atoms with Crippen LogP contribution in [0.25, 0.3) is 0 Å². The number of anilines is 1. The van der Waals surface area contributed by atoms with Gasteiger partial charge in [0.15, 0.2) is 0 Å². The molecule has 1 aliphatic rings. The summed E-state index contributed by atoms with van der Waals surface area (Å²) in [6.07, 6.45) is 0.537. The highest BCUT2D eigenvalue weighted by atomic mass is 79.9. The van der Waals surface area contributed by atoms with Crippen LogP contribution >= 0.6 is 15.9 Å². The van der Waals surface area contributed by atoms with Crippen LogP contribution in [0.5, 0.6) is 0 Å². The molecular weight excluding hydrogens is 362 g/mol. The normalized spacial score (nSPS) is 22.7. The van der Waals surface area contributed by atoms with E-state index in [1.54, 1.807) is 7.05 Å². The Morgan fingerprint density at radius 1 is 1.48 bits per heavy atom. The van der Waals surface area contributed by atoms with Crippen molar-refractivity contribution in [2.45, 2.75) is 17.8 Å². The number of hydrogen-bond donors (Lipinski definition) is 1. The molecule has 0 aliphatic heterocycles. The standard InChI is InChI=1S/C16H16BrN3O3/c1-20-13(21)7-12(19-15(20)18)11-8-16(11,14(22)23-2)9-4-3-5-10(17)6-9/h3-7,11H,8H2,1-2H3,(H2,18,19)/t11-,16+/m1/s1. The minimum Gasteiger partial charge on any atom is -0.468 e. The van der Waals surface area contributed by atoms with Gasteiger partial charge in [0.05, 0.1) is 12.8 Å². The van der Waals surface area contributed by atoms with E-state index in [4.69, 9.17) is 10.5 Å². The Kier molecular flexibility index (Phi) is 3.75. The van der Waals surface area contributed by atoms with Gasteiger partial charge in [-0.3, -0.25) is 14.2 Å². The number of benzene rings is 1. The number of ether oxygens (including phenoxy) is 1. The van der Waals surface area contributed by atoms with Gasteiger partial charge in [-0.05, 0) is 24.1 Å². The van der Waals surface area contributed by atoms with Gasteiger partial charge >= 0.3 is 5.97 Å². The van der Waals surface area contributed by atoms with Crippen LogP contribution in [0.4, 0.5) is 5.95 Å². The van der Waals surface area contributed by atoms with Crippen LogP contribution in [-0.4, -0.2) is 22.6 Å². The van der Waals surface area contributed by atoms with Crippen LogP contribution in [-0.2, 0) is 22.0 Å². The Balaban J connectivity index is 2.09. The second kappa shape index (κ2) is 5.49. The zero-order valence-electron chi connectivity index (χ0n) is 12.7. The van der Waals surface area contributed by atoms with E-state index in [0.717, 1.165) is 10.0 Å². The zero-order valence-corrected chi connectivity index (χ0v) is 14.3. The van der Waals surface area contributed by atoms with Crippen molar-refractivity contribution in [1.82, 2.24) is 9.55 Å². The van der Waals surface area contributed by atoms with Crippen LogP contribution in [0.1, 0.15) is 23.6 Å². The van der Waals surface area contributed by atoms with Crippen molar-refractivity contribution in [2.75, 3.05) is 12.8 Å². The molecule has 1 saturated carbocycles. The Bertz CT molecular complexity index is 849. The van der Waals surface area contributed by atoms with Crippen molar-refractivity contribution in [2.24, 2.45) is 7.05 Å². The van der Waals surface area contributed by atoms with E-state index in [1.165, 1.54) is 17.7 Å². The fourth-order valence-corrected chi connectivity index (χ4v) is 3.38. The predicted octanol–water partition coefficient (Wildman–Crippen LogP) is 1.72. The number of rotatable bonds is 3. The summed E-state index contributed by atoms with van der Waals surface area (Å²) < 4.78 is 7.16. The average molecular weight is 378 g/mol. The fraction of sp³-hybridized carbons (Fsp3) is 0.312. The van der Waals surface area contributed by atoms with Gasteiger partial charge in [0.25, 0.3) is 5.56 Å². The van der Waals surface area contributed by atoms with E-state index in [9.17, 15) is 9.59 Å². The first-order valence-electron chi connectivity index (χ1n) is 7.08. The van der Waals surface area contributed by atoms with Gasteiger partial charge in [-0.1, -0.05) is 28.1 Å².